The van der Waals surface area contributed by atoms with Gasteiger partial charge in [-0.1, -0.05) is 0 Å². The molecule has 3 N–H and O–H groups in total. The summed E-state index contributed by atoms with van der Waals surface area (Å²) in [7, 11) is 1.80. The molecule has 0 atom stereocenters. The lowest BCUT2D eigenvalue weighted by atomic mass is 10.3. The molecule has 1 saturated heterocycles. The van der Waals surface area contributed by atoms with Crippen LogP contribution >= 0.6 is 0 Å². The van der Waals surface area contributed by atoms with Gasteiger partial charge in [0, 0.05) is 46.2 Å². The zero-order valence-corrected chi connectivity index (χ0v) is 11.4. The first-order chi connectivity index (χ1) is 9.10. The minimum atomic E-state index is 0.125. The van der Waals surface area contributed by atoms with Crippen molar-refractivity contribution < 1.29 is 4.79 Å². The third-order valence-electron chi connectivity index (χ3n) is 3.25. The number of aromatic nitrogens is 2. The molecule has 7 nitrogen and oxygen atoms in total. The van der Waals surface area contributed by atoms with Crippen LogP contribution in [0.4, 0.5) is 17.6 Å². The number of amides is 1. The van der Waals surface area contributed by atoms with E-state index in [9.17, 15) is 4.79 Å². The zero-order chi connectivity index (χ0) is 13.8. The molecule has 0 bridgehead atoms. The van der Waals surface area contributed by atoms with Crippen molar-refractivity contribution >= 4 is 23.5 Å². The number of hydrogen-bond donors (Lipinski definition) is 2. The molecular weight excluding hydrogens is 244 g/mol. The lowest BCUT2D eigenvalue weighted by molar-refractivity contribution is -0.128. The monoisotopic (exact) mass is 264 g/mol. The van der Waals surface area contributed by atoms with Gasteiger partial charge < -0.3 is 20.9 Å². The summed E-state index contributed by atoms with van der Waals surface area (Å²) in [6, 6.07) is 1.87. The molecule has 0 aromatic carbocycles. The van der Waals surface area contributed by atoms with E-state index in [4.69, 9.17) is 5.73 Å². The standard InChI is InChI=1S/C12H20N6O/c1-9(19)17-4-3-5-18(7-6-17)11-8-10(14-2)15-12(13)16-11/h8H,3-7H2,1-2H3,(H3,13,14,15,16). The van der Waals surface area contributed by atoms with Crippen LogP contribution in [-0.2, 0) is 4.79 Å². The van der Waals surface area contributed by atoms with E-state index in [0.29, 0.717) is 12.4 Å². The Kier molecular flexibility index (Phi) is 4.03. The molecule has 0 aliphatic carbocycles. The summed E-state index contributed by atoms with van der Waals surface area (Å²) < 4.78 is 0. The van der Waals surface area contributed by atoms with Crippen molar-refractivity contribution in [1.82, 2.24) is 14.9 Å². The van der Waals surface area contributed by atoms with Crippen LogP contribution in [0.2, 0.25) is 0 Å². The van der Waals surface area contributed by atoms with Crippen LogP contribution in [0.3, 0.4) is 0 Å². The van der Waals surface area contributed by atoms with Crippen LogP contribution < -0.4 is 16.0 Å². The summed E-state index contributed by atoms with van der Waals surface area (Å²) in [6.07, 6.45) is 0.929. The number of hydrogen-bond acceptors (Lipinski definition) is 6. The highest BCUT2D eigenvalue weighted by Crippen LogP contribution is 2.18. The molecule has 1 aromatic heterocycles. The summed E-state index contributed by atoms with van der Waals surface area (Å²) in [5.74, 6) is 1.90. The molecule has 2 heterocycles. The fraction of sp³-hybridized carbons (Fsp3) is 0.583. The Hall–Kier alpha value is -2.05. The van der Waals surface area contributed by atoms with Gasteiger partial charge in [0.1, 0.15) is 11.6 Å². The highest BCUT2D eigenvalue weighted by atomic mass is 16.2. The number of carbonyl (C=O) groups excluding carboxylic acids is 1. The molecule has 1 aliphatic heterocycles. The molecule has 1 amide bonds. The zero-order valence-electron chi connectivity index (χ0n) is 11.4. The Morgan fingerprint density at radius 1 is 1.32 bits per heavy atom. The molecule has 1 fully saturated rings. The highest BCUT2D eigenvalue weighted by molar-refractivity contribution is 5.73. The average Bonchev–Trinajstić information content (AvgIpc) is 2.63. The van der Waals surface area contributed by atoms with Gasteiger partial charge in [-0.3, -0.25) is 4.79 Å². The third-order valence-corrected chi connectivity index (χ3v) is 3.25. The topological polar surface area (TPSA) is 87.4 Å². The van der Waals surface area contributed by atoms with Crippen molar-refractivity contribution in [1.29, 1.82) is 0 Å². The van der Waals surface area contributed by atoms with Crippen molar-refractivity contribution in [3.63, 3.8) is 0 Å². The fourth-order valence-corrected chi connectivity index (χ4v) is 2.20. The second-order valence-electron chi connectivity index (χ2n) is 4.57. The number of carbonyl (C=O) groups is 1. The van der Waals surface area contributed by atoms with Crippen LogP contribution in [-0.4, -0.2) is 54.0 Å². The Morgan fingerprint density at radius 3 is 2.79 bits per heavy atom. The number of nitrogens with one attached hydrogen (secondary N) is 1. The molecule has 2 rings (SSSR count). The predicted octanol–water partition coefficient (Wildman–Crippen LogP) is 0.159. The molecule has 1 aromatic rings. The first-order valence-corrected chi connectivity index (χ1v) is 6.43. The summed E-state index contributed by atoms with van der Waals surface area (Å²) >= 11 is 0. The van der Waals surface area contributed by atoms with E-state index in [1.165, 1.54) is 0 Å². The summed E-state index contributed by atoms with van der Waals surface area (Å²) in [5.41, 5.74) is 5.70. The minimum absolute atomic E-state index is 0.125. The lowest BCUT2D eigenvalue weighted by Gasteiger charge is -2.22. The van der Waals surface area contributed by atoms with Crippen molar-refractivity contribution in [3.05, 3.63) is 6.07 Å². The maximum Gasteiger partial charge on any atom is 0.223 e. The van der Waals surface area contributed by atoms with Crippen molar-refractivity contribution in [2.24, 2.45) is 0 Å². The molecule has 0 spiro atoms. The smallest absolute Gasteiger partial charge is 0.223 e. The Bertz CT molecular complexity index is 464. The second-order valence-corrected chi connectivity index (χ2v) is 4.57. The van der Waals surface area contributed by atoms with Crippen LogP contribution in [0.1, 0.15) is 13.3 Å². The second kappa shape index (κ2) is 5.73. The van der Waals surface area contributed by atoms with Gasteiger partial charge in [0.05, 0.1) is 0 Å². The minimum Gasteiger partial charge on any atom is -0.373 e. The van der Waals surface area contributed by atoms with Crippen molar-refractivity contribution in [2.75, 3.05) is 49.2 Å². The molecule has 0 saturated carbocycles. The fourth-order valence-electron chi connectivity index (χ4n) is 2.20. The Balaban J connectivity index is 2.13. The number of nitrogens with two attached hydrogens (primary N) is 1. The van der Waals surface area contributed by atoms with Crippen LogP contribution in [0.5, 0.6) is 0 Å². The maximum atomic E-state index is 11.4. The van der Waals surface area contributed by atoms with Crippen molar-refractivity contribution in [2.45, 2.75) is 13.3 Å². The third kappa shape index (κ3) is 3.24. The molecule has 0 unspecified atom stereocenters. The van der Waals surface area contributed by atoms with Gasteiger partial charge in [-0.15, -0.1) is 0 Å². The quantitative estimate of drug-likeness (QED) is 0.791. The van der Waals surface area contributed by atoms with E-state index in [-0.39, 0.29) is 11.9 Å². The summed E-state index contributed by atoms with van der Waals surface area (Å²) in [5, 5.41) is 2.97. The lowest BCUT2D eigenvalue weighted by Crippen LogP contribution is -2.34. The van der Waals surface area contributed by atoms with Crippen molar-refractivity contribution in [3.8, 4) is 0 Å². The van der Waals surface area contributed by atoms with E-state index in [1.807, 2.05) is 11.0 Å². The van der Waals surface area contributed by atoms with E-state index in [2.05, 4.69) is 20.2 Å². The maximum absolute atomic E-state index is 11.4. The molecule has 104 valence electrons. The molecule has 0 radical (unpaired) electrons. The largest absolute Gasteiger partial charge is 0.373 e. The first-order valence-electron chi connectivity index (χ1n) is 6.43. The van der Waals surface area contributed by atoms with Gasteiger partial charge in [-0.05, 0) is 6.42 Å². The molecule has 7 heteroatoms. The van der Waals surface area contributed by atoms with E-state index >= 15 is 0 Å². The van der Waals surface area contributed by atoms with Crippen LogP contribution in [0.15, 0.2) is 6.07 Å². The van der Waals surface area contributed by atoms with Gasteiger partial charge in [-0.2, -0.15) is 9.97 Å². The summed E-state index contributed by atoms with van der Waals surface area (Å²) in [4.78, 5) is 23.8. The number of nitrogen functional groups attached to an aromatic ring is 1. The van der Waals surface area contributed by atoms with Gasteiger partial charge in [-0.25, -0.2) is 0 Å². The van der Waals surface area contributed by atoms with E-state index in [1.54, 1.807) is 14.0 Å². The number of nitrogens with zero attached hydrogens (tertiary/aromatic N) is 4. The SMILES string of the molecule is CNc1cc(N2CCCN(C(C)=O)CC2)nc(N)n1. The molecular formula is C12H20N6O. The number of anilines is 3. The van der Waals surface area contributed by atoms with Gasteiger partial charge in [0.2, 0.25) is 11.9 Å². The first kappa shape index (κ1) is 13.4. The molecule has 1 aliphatic rings. The van der Waals surface area contributed by atoms with Crippen LogP contribution in [0.25, 0.3) is 0 Å². The normalized spacial score (nSPS) is 16.1. The van der Waals surface area contributed by atoms with E-state index < -0.39 is 0 Å². The van der Waals surface area contributed by atoms with Crippen LogP contribution in [0, 0.1) is 0 Å². The highest BCUT2D eigenvalue weighted by Gasteiger charge is 2.18. The van der Waals surface area contributed by atoms with Gasteiger partial charge >= 0.3 is 0 Å². The average molecular weight is 264 g/mol. The van der Waals surface area contributed by atoms with Gasteiger partial charge in [0.15, 0.2) is 0 Å². The predicted molar refractivity (Wildman–Crippen MR) is 75.1 cm³/mol. The van der Waals surface area contributed by atoms with E-state index in [0.717, 1.165) is 31.9 Å². The Labute approximate surface area is 112 Å². The number of rotatable bonds is 2. The summed E-state index contributed by atoms with van der Waals surface area (Å²) in [6.45, 7) is 4.75. The van der Waals surface area contributed by atoms with Gasteiger partial charge in [0.25, 0.3) is 0 Å². The Morgan fingerprint density at radius 2 is 2.11 bits per heavy atom. The molecule has 19 heavy (non-hydrogen) atoms.